The standard InChI is InChI=1S/C14H16N2O3/c1-16(2)7-6-10-4-3-5-11(8-10)13-12(14(17)18)15-9-19-13/h3-5,8-9H,6-7H2,1-2H3,(H,17,18). The number of aromatic nitrogens is 1. The van der Waals surface area contributed by atoms with E-state index in [0.717, 1.165) is 30.5 Å². The molecule has 2 aromatic rings. The molecule has 0 spiro atoms. The minimum Gasteiger partial charge on any atom is -0.476 e. The number of hydrogen-bond donors (Lipinski definition) is 1. The maximum absolute atomic E-state index is 11.0. The van der Waals surface area contributed by atoms with E-state index < -0.39 is 5.97 Å². The molecule has 0 aliphatic rings. The Morgan fingerprint density at radius 1 is 1.42 bits per heavy atom. The van der Waals surface area contributed by atoms with Crippen molar-refractivity contribution in [3.05, 3.63) is 41.9 Å². The predicted octanol–water partition coefficient (Wildman–Crippen LogP) is 2.14. The number of aromatic carboxylic acids is 1. The summed E-state index contributed by atoms with van der Waals surface area (Å²) in [4.78, 5) is 16.8. The molecule has 5 nitrogen and oxygen atoms in total. The third-order valence-electron chi connectivity index (χ3n) is 2.81. The zero-order chi connectivity index (χ0) is 13.8. The molecule has 1 N–H and O–H groups in total. The fourth-order valence-electron chi connectivity index (χ4n) is 1.82. The van der Waals surface area contributed by atoms with E-state index in [1.807, 2.05) is 38.4 Å². The number of carboxylic acids is 1. The highest BCUT2D eigenvalue weighted by Crippen LogP contribution is 2.24. The lowest BCUT2D eigenvalue weighted by atomic mass is 10.1. The quantitative estimate of drug-likeness (QED) is 0.892. The third kappa shape index (κ3) is 3.20. The minimum atomic E-state index is -1.08. The molecule has 0 fully saturated rings. The van der Waals surface area contributed by atoms with Crippen LogP contribution >= 0.6 is 0 Å². The number of benzene rings is 1. The van der Waals surface area contributed by atoms with Crippen LogP contribution in [0, 0.1) is 0 Å². The number of oxazole rings is 1. The van der Waals surface area contributed by atoms with Crippen molar-refractivity contribution in [2.45, 2.75) is 6.42 Å². The first-order chi connectivity index (χ1) is 9.08. The van der Waals surface area contributed by atoms with Gasteiger partial charge in [-0.1, -0.05) is 18.2 Å². The van der Waals surface area contributed by atoms with Gasteiger partial charge in [0.2, 0.25) is 0 Å². The van der Waals surface area contributed by atoms with Gasteiger partial charge in [0.1, 0.15) is 0 Å². The van der Waals surface area contributed by atoms with Crippen molar-refractivity contribution < 1.29 is 14.3 Å². The molecule has 100 valence electrons. The van der Waals surface area contributed by atoms with Gasteiger partial charge in [0.05, 0.1) is 0 Å². The molecule has 0 aliphatic carbocycles. The summed E-state index contributed by atoms with van der Waals surface area (Å²) >= 11 is 0. The number of nitrogens with zero attached hydrogens (tertiary/aromatic N) is 2. The van der Waals surface area contributed by atoms with E-state index in [9.17, 15) is 4.79 Å². The van der Waals surface area contributed by atoms with Crippen molar-refractivity contribution in [2.75, 3.05) is 20.6 Å². The lowest BCUT2D eigenvalue weighted by molar-refractivity contribution is 0.0691. The Kier molecular flexibility index (Phi) is 3.97. The van der Waals surface area contributed by atoms with Gasteiger partial charge < -0.3 is 14.4 Å². The molecule has 0 amide bonds. The van der Waals surface area contributed by atoms with Crippen LogP contribution in [0.2, 0.25) is 0 Å². The van der Waals surface area contributed by atoms with Crippen molar-refractivity contribution in [2.24, 2.45) is 0 Å². The molecule has 5 heteroatoms. The molecule has 0 aliphatic heterocycles. The Morgan fingerprint density at radius 3 is 2.89 bits per heavy atom. The van der Waals surface area contributed by atoms with Gasteiger partial charge in [-0.25, -0.2) is 9.78 Å². The van der Waals surface area contributed by atoms with E-state index in [2.05, 4.69) is 9.88 Å². The zero-order valence-corrected chi connectivity index (χ0v) is 11.0. The number of likely N-dealkylation sites (N-methyl/N-ethyl adjacent to an activating group) is 1. The lowest BCUT2D eigenvalue weighted by Crippen LogP contribution is -2.15. The van der Waals surface area contributed by atoms with Gasteiger partial charge >= 0.3 is 5.97 Å². The second-order valence-electron chi connectivity index (χ2n) is 4.59. The summed E-state index contributed by atoms with van der Waals surface area (Å²) in [5, 5.41) is 9.03. The minimum absolute atomic E-state index is 0.0511. The molecule has 0 radical (unpaired) electrons. The fraction of sp³-hybridized carbons (Fsp3) is 0.286. The normalized spacial score (nSPS) is 10.9. The van der Waals surface area contributed by atoms with Crippen LogP contribution < -0.4 is 0 Å². The van der Waals surface area contributed by atoms with Crippen LogP contribution in [0.25, 0.3) is 11.3 Å². The largest absolute Gasteiger partial charge is 0.476 e. The molecule has 19 heavy (non-hydrogen) atoms. The van der Waals surface area contributed by atoms with Gasteiger partial charge in [0, 0.05) is 12.1 Å². The van der Waals surface area contributed by atoms with Crippen molar-refractivity contribution in [3.8, 4) is 11.3 Å². The Bertz CT molecular complexity index is 576. The fourth-order valence-corrected chi connectivity index (χ4v) is 1.82. The van der Waals surface area contributed by atoms with Gasteiger partial charge in [-0.2, -0.15) is 0 Å². The van der Waals surface area contributed by atoms with Crippen LogP contribution in [0.1, 0.15) is 16.1 Å². The Labute approximate surface area is 111 Å². The molecule has 1 heterocycles. The first-order valence-electron chi connectivity index (χ1n) is 5.98. The molecule has 0 atom stereocenters. The number of carboxylic acid groups (broad SMARTS) is 1. The first-order valence-corrected chi connectivity index (χ1v) is 5.98. The number of carbonyl (C=O) groups is 1. The summed E-state index contributed by atoms with van der Waals surface area (Å²) in [6.45, 7) is 0.936. The molecule has 1 aromatic heterocycles. The van der Waals surface area contributed by atoms with E-state index in [0.29, 0.717) is 5.76 Å². The van der Waals surface area contributed by atoms with Crippen LogP contribution in [0.3, 0.4) is 0 Å². The topological polar surface area (TPSA) is 66.6 Å². The smallest absolute Gasteiger partial charge is 0.358 e. The average molecular weight is 260 g/mol. The van der Waals surface area contributed by atoms with Crippen LogP contribution in [-0.4, -0.2) is 41.6 Å². The van der Waals surface area contributed by atoms with Crippen LogP contribution in [0.4, 0.5) is 0 Å². The second-order valence-corrected chi connectivity index (χ2v) is 4.59. The van der Waals surface area contributed by atoms with Crippen molar-refractivity contribution in [1.29, 1.82) is 0 Å². The maximum Gasteiger partial charge on any atom is 0.358 e. The highest BCUT2D eigenvalue weighted by atomic mass is 16.4. The summed E-state index contributed by atoms with van der Waals surface area (Å²) in [5.74, 6) is -0.776. The molecule has 0 saturated heterocycles. The zero-order valence-electron chi connectivity index (χ0n) is 11.0. The van der Waals surface area contributed by atoms with Gasteiger partial charge in [0.15, 0.2) is 17.8 Å². The van der Waals surface area contributed by atoms with E-state index in [-0.39, 0.29) is 5.69 Å². The molecular weight excluding hydrogens is 244 g/mol. The Balaban J connectivity index is 2.27. The highest BCUT2D eigenvalue weighted by Gasteiger charge is 2.17. The maximum atomic E-state index is 11.0. The van der Waals surface area contributed by atoms with Gasteiger partial charge in [-0.05, 0) is 32.1 Å². The number of rotatable bonds is 5. The summed E-state index contributed by atoms with van der Waals surface area (Å²) in [6, 6.07) is 7.68. The average Bonchev–Trinajstić information content (AvgIpc) is 2.86. The first kappa shape index (κ1) is 13.3. The van der Waals surface area contributed by atoms with Crippen LogP contribution in [-0.2, 0) is 6.42 Å². The second kappa shape index (κ2) is 5.67. The predicted molar refractivity (Wildman–Crippen MR) is 71.2 cm³/mol. The third-order valence-corrected chi connectivity index (χ3v) is 2.81. The van der Waals surface area contributed by atoms with E-state index >= 15 is 0 Å². The van der Waals surface area contributed by atoms with Gasteiger partial charge in [-0.15, -0.1) is 0 Å². The van der Waals surface area contributed by atoms with Gasteiger partial charge in [-0.3, -0.25) is 0 Å². The monoisotopic (exact) mass is 260 g/mol. The van der Waals surface area contributed by atoms with E-state index in [4.69, 9.17) is 9.52 Å². The Morgan fingerprint density at radius 2 is 2.21 bits per heavy atom. The molecule has 2 rings (SSSR count). The molecule has 1 aromatic carbocycles. The summed E-state index contributed by atoms with van der Waals surface area (Å²) in [6.07, 6.45) is 2.06. The molecule has 0 saturated carbocycles. The van der Waals surface area contributed by atoms with Crippen molar-refractivity contribution >= 4 is 5.97 Å². The van der Waals surface area contributed by atoms with Crippen molar-refractivity contribution in [1.82, 2.24) is 9.88 Å². The van der Waals surface area contributed by atoms with E-state index in [1.54, 1.807) is 0 Å². The summed E-state index contributed by atoms with van der Waals surface area (Å²) in [7, 11) is 4.03. The highest BCUT2D eigenvalue weighted by molar-refractivity contribution is 5.92. The SMILES string of the molecule is CN(C)CCc1cccc(-c2ocnc2C(=O)O)c1. The van der Waals surface area contributed by atoms with Crippen molar-refractivity contribution in [3.63, 3.8) is 0 Å². The van der Waals surface area contributed by atoms with Crippen LogP contribution in [0.15, 0.2) is 35.1 Å². The molecule has 0 unspecified atom stereocenters. The summed E-state index contributed by atoms with van der Waals surface area (Å²) < 4.78 is 5.19. The molecule has 0 bridgehead atoms. The van der Waals surface area contributed by atoms with E-state index in [1.165, 1.54) is 0 Å². The Hall–Kier alpha value is -2.14. The molecular formula is C14H16N2O3. The van der Waals surface area contributed by atoms with Crippen LogP contribution in [0.5, 0.6) is 0 Å². The summed E-state index contributed by atoms with van der Waals surface area (Å²) in [5.41, 5.74) is 1.83. The van der Waals surface area contributed by atoms with Gasteiger partial charge in [0.25, 0.3) is 0 Å². The lowest BCUT2D eigenvalue weighted by Gasteiger charge is -2.09. The number of hydrogen-bond acceptors (Lipinski definition) is 4.